The van der Waals surface area contributed by atoms with Gasteiger partial charge in [-0.15, -0.1) is 0 Å². The molecule has 2 aromatic rings. The predicted molar refractivity (Wildman–Crippen MR) is 124 cm³/mol. The number of nitrogens with one attached hydrogen (secondary N) is 1. The molecular formula is C22H28ClN3O4S. The van der Waals surface area contributed by atoms with Crippen LogP contribution in [-0.4, -0.2) is 63.2 Å². The topological polar surface area (TPSA) is 78.9 Å². The molecule has 168 valence electrons. The summed E-state index contributed by atoms with van der Waals surface area (Å²) in [6.45, 7) is 5.96. The Morgan fingerprint density at radius 2 is 1.65 bits per heavy atom. The van der Waals surface area contributed by atoms with Gasteiger partial charge in [0.05, 0.1) is 11.9 Å². The molecule has 1 amide bonds. The van der Waals surface area contributed by atoms with Crippen LogP contribution in [0.3, 0.4) is 0 Å². The normalized spacial score (nSPS) is 15.2. The fourth-order valence-corrected chi connectivity index (χ4v) is 4.82. The quantitative estimate of drug-likeness (QED) is 0.648. The third kappa shape index (κ3) is 6.59. The number of amides is 1. The lowest BCUT2D eigenvalue weighted by atomic mass is 10.2. The van der Waals surface area contributed by atoms with Crippen molar-refractivity contribution in [2.45, 2.75) is 20.0 Å². The Morgan fingerprint density at radius 1 is 1.03 bits per heavy atom. The molecule has 0 aromatic heterocycles. The van der Waals surface area contributed by atoms with Crippen molar-refractivity contribution < 1.29 is 17.9 Å². The monoisotopic (exact) mass is 465 g/mol. The highest BCUT2D eigenvalue weighted by molar-refractivity contribution is 7.89. The Bertz CT molecular complexity index is 971. The van der Waals surface area contributed by atoms with Gasteiger partial charge in [-0.2, -0.15) is 4.31 Å². The number of carbonyl (C=O) groups is 1. The zero-order valence-corrected chi connectivity index (χ0v) is 19.3. The fourth-order valence-electron chi connectivity index (χ4n) is 3.36. The van der Waals surface area contributed by atoms with Gasteiger partial charge in [0.2, 0.25) is 10.0 Å². The minimum Gasteiger partial charge on any atom is -0.491 e. The zero-order valence-electron chi connectivity index (χ0n) is 17.8. The molecule has 3 rings (SSSR count). The number of anilines is 1. The average Bonchev–Trinajstić information content (AvgIpc) is 2.74. The van der Waals surface area contributed by atoms with E-state index in [1.165, 1.54) is 4.31 Å². The van der Waals surface area contributed by atoms with E-state index in [9.17, 15) is 13.2 Å². The second kappa shape index (κ2) is 10.3. The second-order valence-corrected chi connectivity index (χ2v) is 10.2. The van der Waals surface area contributed by atoms with Gasteiger partial charge in [0.1, 0.15) is 5.75 Å². The Balaban J connectivity index is 1.45. The number of halogens is 1. The van der Waals surface area contributed by atoms with E-state index >= 15 is 0 Å². The lowest BCUT2D eigenvalue weighted by Gasteiger charge is -2.35. The zero-order chi connectivity index (χ0) is 22.4. The molecule has 1 aliphatic rings. The Kier molecular flexibility index (Phi) is 7.80. The highest BCUT2D eigenvalue weighted by atomic mass is 35.5. The van der Waals surface area contributed by atoms with Crippen molar-refractivity contribution in [2.24, 2.45) is 0 Å². The number of nitrogens with zero attached hydrogens (tertiary/aromatic N) is 2. The summed E-state index contributed by atoms with van der Waals surface area (Å²) in [4.78, 5) is 14.4. The first kappa shape index (κ1) is 23.4. The van der Waals surface area contributed by atoms with Gasteiger partial charge >= 0.3 is 0 Å². The predicted octanol–water partition coefficient (Wildman–Crippen LogP) is 3.01. The number of benzene rings is 2. The first-order chi connectivity index (χ1) is 14.7. The van der Waals surface area contributed by atoms with Gasteiger partial charge in [0, 0.05) is 49.0 Å². The van der Waals surface area contributed by atoms with Crippen LogP contribution in [-0.2, 0) is 10.0 Å². The standard InChI is InChI=1S/C22H28ClN3O4S/c1-17(2)30-21-9-3-18(4-10-21)22(27)24-11-16-31(28,29)26-14-12-25(13-15-26)20-7-5-19(23)6-8-20/h3-10,17H,11-16H2,1-2H3,(H,24,27). The Morgan fingerprint density at radius 3 is 2.23 bits per heavy atom. The molecule has 0 radical (unpaired) electrons. The maximum Gasteiger partial charge on any atom is 0.251 e. The summed E-state index contributed by atoms with van der Waals surface area (Å²) in [5.74, 6) is 0.250. The first-order valence-electron chi connectivity index (χ1n) is 10.3. The van der Waals surface area contributed by atoms with Crippen molar-refractivity contribution >= 4 is 33.2 Å². The van der Waals surface area contributed by atoms with E-state index in [2.05, 4.69) is 10.2 Å². The van der Waals surface area contributed by atoms with Gasteiger partial charge in [-0.1, -0.05) is 11.6 Å². The van der Waals surface area contributed by atoms with Gasteiger partial charge in [0.25, 0.3) is 5.91 Å². The summed E-state index contributed by atoms with van der Waals surface area (Å²) < 4.78 is 32.4. The summed E-state index contributed by atoms with van der Waals surface area (Å²) in [6, 6.07) is 14.3. The average molecular weight is 466 g/mol. The minimum atomic E-state index is -3.44. The van der Waals surface area contributed by atoms with Crippen LogP contribution in [0.25, 0.3) is 0 Å². The van der Waals surface area contributed by atoms with Crippen molar-refractivity contribution in [3.63, 3.8) is 0 Å². The van der Waals surface area contributed by atoms with Crippen LogP contribution in [0.15, 0.2) is 48.5 Å². The number of sulfonamides is 1. The lowest BCUT2D eigenvalue weighted by molar-refractivity contribution is 0.0956. The molecule has 7 nitrogen and oxygen atoms in total. The molecule has 2 aromatic carbocycles. The van der Waals surface area contributed by atoms with E-state index in [1.54, 1.807) is 24.3 Å². The third-order valence-corrected chi connectivity index (χ3v) is 7.08. The van der Waals surface area contributed by atoms with Crippen LogP contribution in [0.2, 0.25) is 5.02 Å². The SMILES string of the molecule is CC(C)Oc1ccc(C(=O)NCCS(=O)(=O)N2CCN(c3ccc(Cl)cc3)CC2)cc1. The second-order valence-electron chi connectivity index (χ2n) is 7.63. The maximum atomic E-state index is 12.7. The van der Waals surface area contributed by atoms with Crippen molar-refractivity contribution in [3.05, 3.63) is 59.1 Å². The van der Waals surface area contributed by atoms with Gasteiger partial charge in [0.15, 0.2) is 0 Å². The molecule has 1 saturated heterocycles. The van der Waals surface area contributed by atoms with Gasteiger partial charge < -0.3 is 15.0 Å². The van der Waals surface area contributed by atoms with Crippen LogP contribution in [0.4, 0.5) is 5.69 Å². The third-order valence-electron chi connectivity index (χ3n) is 4.96. The van der Waals surface area contributed by atoms with E-state index < -0.39 is 10.0 Å². The molecule has 9 heteroatoms. The molecule has 1 fully saturated rings. The molecule has 0 aliphatic carbocycles. The smallest absolute Gasteiger partial charge is 0.251 e. The van der Waals surface area contributed by atoms with Crippen LogP contribution >= 0.6 is 11.6 Å². The van der Waals surface area contributed by atoms with Crippen molar-refractivity contribution in [3.8, 4) is 5.75 Å². The number of rotatable bonds is 8. The molecule has 1 aliphatic heterocycles. The molecule has 31 heavy (non-hydrogen) atoms. The lowest BCUT2D eigenvalue weighted by Crippen LogP contribution is -2.50. The number of ether oxygens (including phenoxy) is 1. The summed E-state index contributed by atoms with van der Waals surface area (Å²) >= 11 is 5.93. The number of hydrogen-bond acceptors (Lipinski definition) is 5. The Hall–Kier alpha value is -2.29. The molecule has 1 N–H and O–H groups in total. The largest absolute Gasteiger partial charge is 0.491 e. The molecule has 0 saturated carbocycles. The van der Waals surface area contributed by atoms with E-state index in [4.69, 9.17) is 16.3 Å². The summed E-state index contributed by atoms with van der Waals surface area (Å²) in [7, 11) is -3.44. The highest BCUT2D eigenvalue weighted by Crippen LogP contribution is 2.20. The molecule has 0 spiro atoms. The summed E-state index contributed by atoms with van der Waals surface area (Å²) in [5.41, 5.74) is 1.49. The summed E-state index contributed by atoms with van der Waals surface area (Å²) in [5, 5.41) is 3.36. The van der Waals surface area contributed by atoms with Crippen molar-refractivity contribution in [2.75, 3.05) is 43.4 Å². The van der Waals surface area contributed by atoms with Crippen LogP contribution in [0.5, 0.6) is 5.75 Å². The minimum absolute atomic E-state index is 0.0536. The fraction of sp³-hybridized carbons (Fsp3) is 0.409. The summed E-state index contributed by atoms with van der Waals surface area (Å²) in [6.07, 6.45) is 0.0536. The van der Waals surface area contributed by atoms with E-state index in [-0.39, 0.29) is 24.3 Å². The van der Waals surface area contributed by atoms with Crippen molar-refractivity contribution in [1.82, 2.24) is 9.62 Å². The van der Waals surface area contributed by atoms with Crippen LogP contribution in [0.1, 0.15) is 24.2 Å². The van der Waals surface area contributed by atoms with Crippen molar-refractivity contribution in [1.29, 1.82) is 0 Å². The maximum absolute atomic E-state index is 12.7. The Labute approximate surface area is 189 Å². The van der Waals surface area contributed by atoms with E-state index in [0.717, 1.165) is 5.69 Å². The van der Waals surface area contributed by atoms with Gasteiger partial charge in [-0.05, 0) is 62.4 Å². The van der Waals surface area contributed by atoms with E-state index in [0.29, 0.717) is 42.5 Å². The van der Waals surface area contributed by atoms with Gasteiger partial charge in [-0.3, -0.25) is 4.79 Å². The van der Waals surface area contributed by atoms with E-state index in [1.807, 2.05) is 38.1 Å². The van der Waals surface area contributed by atoms with Crippen LogP contribution in [0, 0.1) is 0 Å². The molecule has 0 atom stereocenters. The van der Waals surface area contributed by atoms with Crippen LogP contribution < -0.4 is 15.0 Å². The number of piperazine rings is 1. The molecule has 1 heterocycles. The first-order valence-corrected chi connectivity index (χ1v) is 12.3. The molecular weight excluding hydrogens is 438 g/mol. The molecule has 0 bridgehead atoms. The highest BCUT2D eigenvalue weighted by Gasteiger charge is 2.27. The van der Waals surface area contributed by atoms with Gasteiger partial charge in [-0.25, -0.2) is 8.42 Å². The number of carbonyl (C=O) groups excluding carboxylic acids is 1. The molecule has 0 unspecified atom stereocenters. The number of hydrogen-bond donors (Lipinski definition) is 1.